The molecular formula is C31H54N2O5. The summed E-state index contributed by atoms with van der Waals surface area (Å²) in [6.45, 7) is 3.96. The molecule has 2 amide bonds. The Morgan fingerprint density at radius 2 is 1.08 bits per heavy atom. The SMILES string of the molecule is CCCCCCCCCCCCCCCCCCNC(=O)CCOCCNC(=O)CCC1C(=O)C=CC1=O. The molecule has 0 aliphatic heterocycles. The Morgan fingerprint density at radius 1 is 0.632 bits per heavy atom. The van der Waals surface area contributed by atoms with Crippen molar-refractivity contribution in [3.05, 3.63) is 12.2 Å². The first kappa shape index (κ1) is 34.0. The average molecular weight is 535 g/mol. The van der Waals surface area contributed by atoms with E-state index >= 15 is 0 Å². The quantitative estimate of drug-likeness (QED) is 0.105. The van der Waals surface area contributed by atoms with E-state index in [9.17, 15) is 19.2 Å². The van der Waals surface area contributed by atoms with E-state index in [4.69, 9.17) is 4.74 Å². The molecule has 1 aliphatic rings. The van der Waals surface area contributed by atoms with Crippen molar-refractivity contribution in [2.24, 2.45) is 5.92 Å². The third-order valence-electron chi connectivity index (χ3n) is 7.15. The van der Waals surface area contributed by atoms with Gasteiger partial charge >= 0.3 is 0 Å². The fourth-order valence-corrected chi connectivity index (χ4v) is 4.70. The van der Waals surface area contributed by atoms with E-state index in [1.807, 2.05) is 0 Å². The predicted octanol–water partition coefficient (Wildman–Crippen LogP) is 5.99. The number of unbranched alkanes of at least 4 members (excludes halogenated alkanes) is 15. The summed E-state index contributed by atoms with van der Waals surface area (Å²) in [5.41, 5.74) is 0. The molecule has 0 atom stereocenters. The highest BCUT2D eigenvalue weighted by molar-refractivity contribution is 6.18. The van der Waals surface area contributed by atoms with E-state index in [0.717, 1.165) is 19.4 Å². The second-order valence-electron chi connectivity index (χ2n) is 10.6. The Morgan fingerprint density at radius 3 is 1.61 bits per heavy atom. The summed E-state index contributed by atoms with van der Waals surface area (Å²) in [4.78, 5) is 46.7. The monoisotopic (exact) mass is 534 g/mol. The van der Waals surface area contributed by atoms with Crippen LogP contribution in [0.15, 0.2) is 12.2 Å². The topological polar surface area (TPSA) is 102 Å². The number of nitrogens with one attached hydrogen (secondary N) is 2. The van der Waals surface area contributed by atoms with Gasteiger partial charge in [-0.25, -0.2) is 0 Å². The minimum atomic E-state index is -0.699. The van der Waals surface area contributed by atoms with Gasteiger partial charge in [-0.05, 0) is 25.0 Å². The Bertz CT molecular complexity index is 674. The van der Waals surface area contributed by atoms with Crippen LogP contribution < -0.4 is 10.6 Å². The zero-order valence-electron chi connectivity index (χ0n) is 24.0. The third-order valence-corrected chi connectivity index (χ3v) is 7.15. The molecule has 0 fully saturated rings. The molecule has 0 saturated heterocycles. The van der Waals surface area contributed by atoms with E-state index < -0.39 is 5.92 Å². The summed E-state index contributed by atoms with van der Waals surface area (Å²) >= 11 is 0. The maximum Gasteiger partial charge on any atom is 0.222 e. The van der Waals surface area contributed by atoms with Gasteiger partial charge in [-0.15, -0.1) is 0 Å². The molecule has 2 N–H and O–H groups in total. The lowest BCUT2D eigenvalue weighted by atomic mass is 9.99. The first-order chi connectivity index (χ1) is 18.5. The van der Waals surface area contributed by atoms with Gasteiger partial charge in [-0.3, -0.25) is 19.2 Å². The molecule has 38 heavy (non-hydrogen) atoms. The fraction of sp³-hybridized carbons (Fsp3) is 0.806. The highest BCUT2D eigenvalue weighted by Gasteiger charge is 2.28. The molecule has 7 nitrogen and oxygen atoms in total. The van der Waals surface area contributed by atoms with Gasteiger partial charge in [0.1, 0.15) is 0 Å². The van der Waals surface area contributed by atoms with Crippen molar-refractivity contribution in [2.75, 3.05) is 26.3 Å². The van der Waals surface area contributed by atoms with E-state index in [1.165, 1.54) is 102 Å². The van der Waals surface area contributed by atoms with Crippen LogP contribution in [-0.4, -0.2) is 49.7 Å². The molecule has 0 saturated carbocycles. The first-order valence-corrected chi connectivity index (χ1v) is 15.4. The zero-order chi connectivity index (χ0) is 27.7. The minimum absolute atomic E-state index is 0.00509. The second kappa shape index (κ2) is 24.1. The molecule has 1 rings (SSSR count). The predicted molar refractivity (Wildman–Crippen MR) is 153 cm³/mol. The van der Waals surface area contributed by atoms with Gasteiger partial charge in [-0.1, -0.05) is 103 Å². The molecule has 0 bridgehead atoms. The van der Waals surface area contributed by atoms with Crippen molar-refractivity contribution in [2.45, 2.75) is 129 Å². The molecule has 0 radical (unpaired) electrons. The number of ketones is 2. The lowest BCUT2D eigenvalue weighted by Crippen LogP contribution is -2.29. The molecule has 0 aromatic carbocycles. The highest BCUT2D eigenvalue weighted by Crippen LogP contribution is 2.16. The van der Waals surface area contributed by atoms with Crippen LogP contribution in [0.25, 0.3) is 0 Å². The van der Waals surface area contributed by atoms with Crippen LogP contribution in [0.2, 0.25) is 0 Å². The fourth-order valence-electron chi connectivity index (χ4n) is 4.70. The van der Waals surface area contributed by atoms with Gasteiger partial charge in [0.05, 0.1) is 19.1 Å². The Kier molecular flexibility index (Phi) is 21.5. The van der Waals surface area contributed by atoms with E-state index in [0.29, 0.717) is 26.2 Å². The van der Waals surface area contributed by atoms with Crippen molar-refractivity contribution in [1.29, 1.82) is 0 Å². The van der Waals surface area contributed by atoms with Crippen LogP contribution in [0.3, 0.4) is 0 Å². The molecule has 1 aliphatic carbocycles. The van der Waals surface area contributed by atoms with Crippen molar-refractivity contribution in [3.8, 4) is 0 Å². The Hall–Kier alpha value is -2.02. The summed E-state index contributed by atoms with van der Waals surface area (Å²) in [5, 5.41) is 5.65. The third kappa shape index (κ3) is 19.1. The molecule has 0 heterocycles. The molecule has 218 valence electrons. The van der Waals surface area contributed by atoms with Crippen molar-refractivity contribution in [3.63, 3.8) is 0 Å². The smallest absolute Gasteiger partial charge is 0.222 e. The molecule has 0 aromatic heterocycles. The van der Waals surface area contributed by atoms with Crippen molar-refractivity contribution >= 4 is 23.4 Å². The van der Waals surface area contributed by atoms with Gasteiger partial charge in [0.2, 0.25) is 11.8 Å². The van der Waals surface area contributed by atoms with E-state index in [1.54, 1.807) is 0 Å². The van der Waals surface area contributed by atoms with Gasteiger partial charge in [0, 0.05) is 25.9 Å². The van der Waals surface area contributed by atoms with Crippen LogP contribution in [0.4, 0.5) is 0 Å². The largest absolute Gasteiger partial charge is 0.379 e. The number of rotatable bonds is 26. The Balaban J connectivity index is 1.77. The van der Waals surface area contributed by atoms with E-state index in [-0.39, 0.29) is 36.2 Å². The molecule has 0 unspecified atom stereocenters. The number of carbonyl (C=O) groups excluding carboxylic acids is 4. The van der Waals surface area contributed by atoms with Crippen LogP contribution in [0, 0.1) is 5.92 Å². The van der Waals surface area contributed by atoms with Crippen molar-refractivity contribution in [1.82, 2.24) is 10.6 Å². The first-order valence-electron chi connectivity index (χ1n) is 15.4. The van der Waals surface area contributed by atoms with Crippen LogP contribution in [0.1, 0.15) is 129 Å². The molecule has 0 aromatic rings. The molecule has 0 spiro atoms. The second-order valence-corrected chi connectivity index (χ2v) is 10.6. The summed E-state index contributed by atoms with van der Waals surface area (Å²) in [7, 11) is 0. The van der Waals surface area contributed by atoms with Gasteiger partial charge in [-0.2, -0.15) is 0 Å². The number of ether oxygens (including phenoxy) is 1. The number of hydrogen-bond donors (Lipinski definition) is 2. The lowest BCUT2D eigenvalue weighted by molar-refractivity contribution is -0.127. The van der Waals surface area contributed by atoms with Gasteiger partial charge in [0.25, 0.3) is 0 Å². The zero-order valence-corrected chi connectivity index (χ0v) is 24.0. The summed E-state index contributed by atoms with van der Waals surface area (Å²) in [5.74, 6) is -1.36. The number of amides is 2. The van der Waals surface area contributed by atoms with E-state index in [2.05, 4.69) is 17.6 Å². The normalized spacial score (nSPS) is 13.4. The van der Waals surface area contributed by atoms with Crippen LogP contribution in [-0.2, 0) is 23.9 Å². The number of hydrogen-bond acceptors (Lipinski definition) is 5. The number of carbonyl (C=O) groups is 4. The van der Waals surface area contributed by atoms with Crippen LogP contribution in [0.5, 0.6) is 0 Å². The summed E-state index contributed by atoms with van der Waals surface area (Å²) in [6.07, 6.45) is 24.6. The molecule has 7 heteroatoms. The Labute approximate surface area is 231 Å². The summed E-state index contributed by atoms with van der Waals surface area (Å²) < 4.78 is 5.41. The molecular weight excluding hydrogens is 480 g/mol. The summed E-state index contributed by atoms with van der Waals surface area (Å²) in [6, 6.07) is 0. The lowest BCUT2D eigenvalue weighted by Gasteiger charge is -2.09. The maximum atomic E-state index is 11.9. The highest BCUT2D eigenvalue weighted by atomic mass is 16.5. The van der Waals surface area contributed by atoms with Crippen molar-refractivity contribution < 1.29 is 23.9 Å². The van der Waals surface area contributed by atoms with Gasteiger partial charge in [0.15, 0.2) is 11.6 Å². The standard InChI is InChI=1S/C31H54N2O5/c1-2-3-4-5-6-7-8-9-10-11-12-13-14-15-16-17-23-32-31(37)22-25-38-26-24-33-30(36)21-18-27-28(34)19-20-29(27)35/h19-20,27H,2-18,21-26H2,1H3,(H,32,37)(H,33,36). The average Bonchev–Trinajstić information content (AvgIpc) is 3.23. The minimum Gasteiger partial charge on any atom is -0.379 e. The number of allylic oxidation sites excluding steroid dienone is 2. The van der Waals surface area contributed by atoms with Gasteiger partial charge < -0.3 is 15.4 Å². The van der Waals surface area contributed by atoms with Crippen LogP contribution >= 0.6 is 0 Å². The maximum absolute atomic E-state index is 11.9.